The maximum absolute atomic E-state index is 12.0. The van der Waals surface area contributed by atoms with Gasteiger partial charge in [0, 0.05) is 12.1 Å². The van der Waals surface area contributed by atoms with E-state index in [9.17, 15) is 9.59 Å². The van der Waals surface area contributed by atoms with Crippen LogP contribution < -0.4 is 5.32 Å². The summed E-state index contributed by atoms with van der Waals surface area (Å²) in [6.07, 6.45) is 3.67. The van der Waals surface area contributed by atoms with Gasteiger partial charge in [0.2, 0.25) is 0 Å². The van der Waals surface area contributed by atoms with Gasteiger partial charge in [-0.1, -0.05) is 18.2 Å². The molecule has 1 amide bonds. The standard InChI is InChI=1S/C17H23NO3/c1-2-21-17(20)15-10-8-13(9-11-15)12-18-16(19)14-6-4-3-5-7-14/h3-7,13,15H,2,8-12H2,1H3,(H,18,19). The van der Waals surface area contributed by atoms with Gasteiger partial charge in [-0.15, -0.1) is 0 Å². The summed E-state index contributed by atoms with van der Waals surface area (Å²) in [6.45, 7) is 2.97. The van der Waals surface area contributed by atoms with Gasteiger partial charge in [0.25, 0.3) is 5.91 Å². The Morgan fingerprint density at radius 2 is 1.81 bits per heavy atom. The van der Waals surface area contributed by atoms with E-state index in [1.165, 1.54) is 0 Å². The molecule has 1 saturated carbocycles. The largest absolute Gasteiger partial charge is 0.466 e. The first-order chi connectivity index (χ1) is 10.2. The van der Waals surface area contributed by atoms with E-state index in [-0.39, 0.29) is 17.8 Å². The molecule has 0 aliphatic heterocycles. The van der Waals surface area contributed by atoms with Gasteiger partial charge in [-0.2, -0.15) is 0 Å². The number of carbonyl (C=O) groups excluding carboxylic acids is 2. The van der Waals surface area contributed by atoms with Crippen molar-refractivity contribution in [3.63, 3.8) is 0 Å². The summed E-state index contributed by atoms with van der Waals surface area (Å²) in [5.41, 5.74) is 0.692. The van der Waals surface area contributed by atoms with Crippen LogP contribution in [0.2, 0.25) is 0 Å². The van der Waals surface area contributed by atoms with E-state index >= 15 is 0 Å². The van der Waals surface area contributed by atoms with Gasteiger partial charge in [-0.25, -0.2) is 0 Å². The average molecular weight is 289 g/mol. The Labute approximate surface area is 125 Å². The first kappa shape index (κ1) is 15.5. The molecule has 0 unspecified atom stereocenters. The molecule has 0 radical (unpaired) electrons. The van der Waals surface area contributed by atoms with Crippen molar-refractivity contribution in [3.05, 3.63) is 35.9 Å². The van der Waals surface area contributed by atoms with Crippen molar-refractivity contribution < 1.29 is 14.3 Å². The van der Waals surface area contributed by atoms with Gasteiger partial charge in [0.05, 0.1) is 12.5 Å². The lowest BCUT2D eigenvalue weighted by molar-refractivity contribution is -0.149. The van der Waals surface area contributed by atoms with E-state index in [1.807, 2.05) is 37.3 Å². The van der Waals surface area contributed by atoms with Crippen LogP contribution in [0, 0.1) is 11.8 Å². The Kier molecular flexibility index (Phi) is 5.78. The third kappa shape index (κ3) is 4.59. The highest BCUT2D eigenvalue weighted by atomic mass is 16.5. The number of benzene rings is 1. The Balaban J connectivity index is 1.72. The number of ether oxygens (including phenoxy) is 1. The maximum atomic E-state index is 12.0. The second-order valence-electron chi connectivity index (χ2n) is 5.55. The molecular weight excluding hydrogens is 266 g/mol. The van der Waals surface area contributed by atoms with E-state index in [4.69, 9.17) is 4.74 Å². The summed E-state index contributed by atoms with van der Waals surface area (Å²) in [5.74, 6) is 0.418. The molecule has 1 aromatic carbocycles. The van der Waals surface area contributed by atoms with Crippen molar-refractivity contribution in [2.24, 2.45) is 11.8 Å². The number of hydrogen-bond acceptors (Lipinski definition) is 3. The monoisotopic (exact) mass is 289 g/mol. The molecule has 1 fully saturated rings. The lowest BCUT2D eigenvalue weighted by Gasteiger charge is -2.27. The summed E-state index contributed by atoms with van der Waals surface area (Å²) in [4.78, 5) is 23.6. The van der Waals surface area contributed by atoms with Crippen LogP contribution in [-0.2, 0) is 9.53 Å². The molecule has 4 nitrogen and oxygen atoms in total. The third-order valence-electron chi connectivity index (χ3n) is 4.05. The highest BCUT2D eigenvalue weighted by Gasteiger charge is 2.27. The Morgan fingerprint density at radius 3 is 2.43 bits per heavy atom. The van der Waals surface area contributed by atoms with E-state index in [0.29, 0.717) is 24.6 Å². The molecule has 21 heavy (non-hydrogen) atoms. The zero-order chi connectivity index (χ0) is 15.1. The van der Waals surface area contributed by atoms with Gasteiger partial charge in [0.1, 0.15) is 0 Å². The Morgan fingerprint density at radius 1 is 1.14 bits per heavy atom. The fraction of sp³-hybridized carbons (Fsp3) is 0.529. The first-order valence-corrected chi connectivity index (χ1v) is 7.70. The predicted molar refractivity (Wildman–Crippen MR) is 80.9 cm³/mol. The molecule has 0 spiro atoms. The van der Waals surface area contributed by atoms with Gasteiger partial charge in [0.15, 0.2) is 0 Å². The van der Waals surface area contributed by atoms with Gasteiger partial charge >= 0.3 is 5.97 Å². The summed E-state index contributed by atoms with van der Waals surface area (Å²) in [5, 5.41) is 2.98. The van der Waals surface area contributed by atoms with E-state index in [0.717, 1.165) is 25.7 Å². The van der Waals surface area contributed by atoms with Crippen molar-refractivity contribution >= 4 is 11.9 Å². The number of amides is 1. The van der Waals surface area contributed by atoms with Crippen molar-refractivity contribution in [2.45, 2.75) is 32.6 Å². The van der Waals surface area contributed by atoms with Crippen molar-refractivity contribution in [1.82, 2.24) is 5.32 Å². The minimum Gasteiger partial charge on any atom is -0.466 e. The Hall–Kier alpha value is -1.84. The van der Waals surface area contributed by atoms with E-state index in [2.05, 4.69) is 5.32 Å². The number of carbonyl (C=O) groups is 2. The topological polar surface area (TPSA) is 55.4 Å². The summed E-state index contributed by atoms with van der Waals surface area (Å²) in [7, 11) is 0. The maximum Gasteiger partial charge on any atom is 0.308 e. The van der Waals surface area contributed by atoms with Crippen molar-refractivity contribution in [2.75, 3.05) is 13.2 Å². The second-order valence-corrected chi connectivity index (χ2v) is 5.55. The molecule has 0 saturated heterocycles. The molecule has 1 aliphatic rings. The SMILES string of the molecule is CCOC(=O)C1CCC(CNC(=O)c2ccccc2)CC1. The normalized spacial score (nSPS) is 21.6. The van der Waals surface area contributed by atoms with Gasteiger partial charge in [-0.3, -0.25) is 9.59 Å². The van der Waals surface area contributed by atoms with Crippen LogP contribution in [0.15, 0.2) is 30.3 Å². The molecule has 0 bridgehead atoms. The summed E-state index contributed by atoms with van der Waals surface area (Å²) >= 11 is 0. The molecule has 1 aromatic rings. The number of rotatable bonds is 5. The van der Waals surface area contributed by atoms with Crippen LogP contribution in [0.4, 0.5) is 0 Å². The quantitative estimate of drug-likeness (QED) is 0.848. The highest BCUT2D eigenvalue weighted by molar-refractivity contribution is 5.94. The zero-order valence-electron chi connectivity index (χ0n) is 12.5. The third-order valence-corrected chi connectivity index (χ3v) is 4.05. The highest BCUT2D eigenvalue weighted by Crippen LogP contribution is 2.29. The van der Waals surface area contributed by atoms with Crippen LogP contribution in [0.25, 0.3) is 0 Å². The molecule has 0 aromatic heterocycles. The molecule has 0 heterocycles. The average Bonchev–Trinajstić information content (AvgIpc) is 2.54. The zero-order valence-corrected chi connectivity index (χ0v) is 12.5. The van der Waals surface area contributed by atoms with Crippen LogP contribution >= 0.6 is 0 Å². The molecule has 2 rings (SSSR count). The molecular formula is C17H23NO3. The number of esters is 1. The smallest absolute Gasteiger partial charge is 0.308 e. The fourth-order valence-electron chi connectivity index (χ4n) is 2.79. The first-order valence-electron chi connectivity index (χ1n) is 7.70. The van der Waals surface area contributed by atoms with Crippen LogP contribution in [0.3, 0.4) is 0 Å². The number of nitrogens with one attached hydrogen (secondary N) is 1. The van der Waals surface area contributed by atoms with Crippen LogP contribution in [0.5, 0.6) is 0 Å². The Bertz CT molecular complexity index is 464. The lowest BCUT2D eigenvalue weighted by atomic mass is 9.82. The molecule has 114 valence electrons. The van der Waals surface area contributed by atoms with Gasteiger partial charge < -0.3 is 10.1 Å². The molecule has 0 atom stereocenters. The fourth-order valence-corrected chi connectivity index (χ4v) is 2.79. The predicted octanol–water partition coefficient (Wildman–Crippen LogP) is 2.79. The van der Waals surface area contributed by atoms with Gasteiger partial charge in [-0.05, 0) is 50.7 Å². The second kappa shape index (κ2) is 7.81. The van der Waals surface area contributed by atoms with E-state index < -0.39 is 0 Å². The summed E-state index contributed by atoms with van der Waals surface area (Å²) in [6, 6.07) is 9.24. The van der Waals surface area contributed by atoms with Crippen molar-refractivity contribution in [3.8, 4) is 0 Å². The minimum absolute atomic E-state index is 0.0249. The molecule has 1 N–H and O–H groups in total. The van der Waals surface area contributed by atoms with E-state index in [1.54, 1.807) is 0 Å². The minimum atomic E-state index is -0.0655. The van der Waals surface area contributed by atoms with Crippen LogP contribution in [0.1, 0.15) is 43.0 Å². The molecule has 4 heteroatoms. The molecule has 1 aliphatic carbocycles. The van der Waals surface area contributed by atoms with Crippen molar-refractivity contribution in [1.29, 1.82) is 0 Å². The van der Waals surface area contributed by atoms with Crippen LogP contribution in [-0.4, -0.2) is 25.0 Å². The summed E-state index contributed by atoms with van der Waals surface area (Å²) < 4.78 is 5.06. The number of hydrogen-bond donors (Lipinski definition) is 1. The lowest BCUT2D eigenvalue weighted by Crippen LogP contribution is -2.32.